The minimum Gasteiger partial charge on any atom is -0.352 e. The second kappa shape index (κ2) is 7.00. The van der Waals surface area contributed by atoms with Gasteiger partial charge in [0.25, 0.3) is 0 Å². The molecule has 0 unspecified atom stereocenters. The Morgan fingerprint density at radius 1 is 1.28 bits per heavy atom. The number of hydrogen-bond donors (Lipinski definition) is 1. The highest BCUT2D eigenvalue weighted by Gasteiger charge is 2.42. The maximum Gasteiger partial charge on any atom is 0.230 e. The number of hydrogen-bond acceptors (Lipinski definition) is 4. The lowest BCUT2D eigenvalue weighted by molar-refractivity contribution is -0.119. The van der Waals surface area contributed by atoms with Crippen molar-refractivity contribution in [2.24, 2.45) is 18.9 Å². The lowest BCUT2D eigenvalue weighted by atomic mass is 10.1. The summed E-state index contributed by atoms with van der Waals surface area (Å²) in [4.78, 5) is 12.3. The number of halogens is 1. The molecule has 7 heteroatoms. The second-order valence-electron chi connectivity index (χ2n) is 6.90. The lowest BCUT2D eigenvalue weighted by Crippen LogP contribution is -2.39. The molecule has 2 aromatic rings. The van der Waals surface area contributed by atoms with Gasteiger partial charge in [0.2, 0.25) is 5.91 Å². The summed E-state index contributed by atoms with van der Waals surface area (Å²) in [5.41, 5.74) is 0.845. The van der Waals surface area contributed by atoms with Crippen molar-refractivity contribution in [1.29, 1.82) is 0 Å². The third kappa shape index (κ3) is 3.85. The van der Waals surface area contributed by atoms with E-state index in [0.717, 1.165) is 10.7 Å². The molecule has 5 nitrogen and oxygen atoms in total. The average molecular weight is 377 g/mol. The minimum atomic E-state index is 0.0936. The number of carbonyl (C=O) groups excluding carboxylic acids is 1. The number of aromatic nitrogens is 3. The molecular weight excluding hydrogens is 356 g/mol. The molecule has 2 saturated carbocycles. The topological polar surface area (TPSA) is 59.8 Å². The van der Waals surface area contributed by atoms with Crippen molar-refractivity contribution < 1.29 is 4.79 Å². The summed E-state index contributed by atoms with van der Waals surface area (Å²) in [6.07, 6.45) is 5.05. The maximum absolute atomic E-state index is 12.3. The highest BCUT2D eigenvalue weighted by atomic mass is 35.5. The van der Waals surface area contributed by atoms with E-state index in [4.69, 9.17) is 11.6 Å². The van der Waals surface area contributed by atoms with E-state index in [1.807, 2.05) is 35.9 Å². The molecule has 1 N–H and O–H groups in total. The number of thioether (sulfide) groups is 1. The van der Waals surface area contributed by atoms with Gasteiger partial charge in [0.05, 0.1) is 10.8 Å². The zero-order valence-corrected chi connectivity index (χ0v) is 15.7. The van der Waals surface area contributed by atoms with Crippen LogP contribution in [0.4, 0.5) is 0 Å². The van der Waals surface area contributed by atoms with E-state index >= 15 is 0 Å². The van der Waals surface area contributed by atoms with E-state index in [0.29, 0.717) is 34.5 Å². The summed E-state index contributed by atoms with van der Waals surface area (Å²) in [5.74, 6) is 2.59. The molecule has 0 aliphatic heterocycles. The van der Waals surface area contributed by atoms with Gasteiger partial charge < -0.3 is 9.88 Å². The SMILES string of the molecule is Cn1c(SCC(=O)NC(C2CC2)C2CC2)nnc1-c1ccccc1Cl. The predicted molar refractivity (Wildman–Crippen MR) is 99.6 cm³/mol. The molecule has 2 aliphatic carbocycles. The van der Waals surface area contributed by atoms with Crippen molar-refractivity contribution in [3.05, 3.63) is 29.3 Å². The number of nitrogens with one attached hydrogen (secondary N) is 1. The van der Waals surface area contributed by atoms with Crippen molar-refractivity contribution in [3.63, 3.8) is 0 Å². The summed E-state index contributed by atoms with van der Waals surface area (Å²) >= 11 is 7.66. The molecule has 1 aromatic heterocycles. The van der Waals surface area contributed by atoms with Gasteiger partial charge in [-0.25, -0.2) is 0 Å². The van der Waals surface area contributed by atoms with Gasteiger partial charge in [-0.1, -0.05) is 35.5 Å². The highest BCUT2D eigenvalue weighted by Crippen LogP contribution is 2.44. The monoisotopic (exact) mass is 376 g/mol. The van der Waals surface area contributed by atoms with Gasteiger partial charge in [0.15, 0.2) is 11.0 Å². The van der Waals surface area contributed by atoms with Crippen molar-refractivity contribution >= 4 is 29.3 Å². The average Bonchev–Trinajstić information content (AvgIpc) is 3.51. The van der Waals surface area contributed by atoms with Crippen LogP contribution in [-0.4, -0.2) is 32.5 Å². The van der Waals surface area contributed by atoms with Crippen molar-refractivity contribution in [3.8, 4) is 11.4 Å². The molecule has 2 fully saturated rings. The van der Waals surface area contributed by atoms with Gasteiger partial charge in [-0.15, -0.1) is 10.2 Å². The molecule has 2 aliphatic rings. The fraction of sp³-hybridized carbons (Fsp3) is 0.500. The fourth-order valence-corrected chi connectivity index (χ4v) is 4.15. The summed E-state index contributed by atoms with van der Waals surface area (Å²) in [5, 5.41) is 13.1. The van der Waals surface area contributed by atoms with Gasteiger partial charge >= 0.3 is 0 Å². The van der Waals surface area contributed by atoms with Gasteiger partial charge in [0.1, 0.15) is 0 Å². The Morgan fingerprint density at radius 3 is 2.60 bits per heavy atom. The third-order valence-electron chi connectivity index (χ3n) is 4.87. The molecule has 132 valence electrons. The summed E-state index contributed by atoms with van der Waals surface area (Å²) in [7, 11) is 1.90. The second-order valence-corrected chi connectivity index (χ2v) is 8.25. The Hall–Kier alpha value is -1.53. The van der Waals surface area contributed by atoms with Crippen LogP contribution >= 0.6 is 23.4 Å². The van der Waals surface area contributed by atoms with Crippen molar-refractivity contribution in [1.82, 2.24) is 20.1 Å². The van der Waals surface area contributed by atoms with E-state index < -0.39 is 0 Å². The van der Waals surface area contributed by atoms with E-state index in [2.05, 4.69) is 15.5 Å². The zero-order valence-electron chi connectivity index (χ0n) is 14.1. The van der Waals surface area contributed by atoms with E-state index in [1.54, 1.807) is 0 Å². The molecule has 1 heterocycles. The molecule has 1 amide bonds. The van der Waals surface area contributed by atoms with Crippen LogP contribution in [0, 0.1) is 11.8 Å². The zero-order chi connectivity index (χ0) is 17.4. The van der Waals surface area contributed by atoms with Crippen molar-refractivity contribution in [2.45, 2.75) is 36.9 Å². The Kier molecular flexibility index (Phi) is 4.73. The normalized spacial score (nSPS) is 17.1. The summed E-state index contributed by atoms with van der Waals surface area (Å²) in [6, 6.07) is 7.96. The number of carbonyl (C=O) groups is 1. The fourth-order valence-electron chi connectivity index (χ4n) is 3.21. The standard InChI is InChI=1S/C18H21ClN4OS/c1-23-17(13-4-2-3-5-14(13)19)21-22-18(23)25-10-15(24)20-16(11-6-7-11)12-8-9-12/h2-5,11-12,16H,6-10H2,1H3,(H,20,24). The van der Waals surface area contributed by atoms with Crippen LogP contribution in [0.3, 0.4) is 0 Å². The number of amides is 1. The van der Waals surface area contributed by atoms with Crippen LogP contribution in [-0.2, 0) is 11.8 Å². The number of rotatable bonds is 7. The number of benzene rings is 1. The lowest BCUT2D eigenvalue weighted by Gasteiger charge is -2.17. The molecular formula is C18H21ClN4OS. The Balaban J connectivity index is 1.38. The molecule has 1 aromatic carbocycles. The van der Waals surface area contributed by atoms with Crippen LogP contribution in [0.5, 0.6) is 0 Å². The minimum absolute atomic E-state index is 0.0936. The highest BCUT2D eigenvalue weighted by molar-refractivity contribution is 7.99. The first-order chi connectivity index (χ1) is 12.1. The Morgan fingerprint density at radius 2 is 1.96 bits per heavy atom. The van der Waals surface area contributed by atoms with E-state index in [1.165, 1.54) is 37.4 Å². The smallest absolute Gasteiger partial charge is 0.230 e. The van der Waals surface area contributed by atoms with Crippen LogP contribution < -0.4 is 5.32 Å². The molecule has 4 rings (SSSR count). The first-order valence-corrected chi connectivity index (χ1v) is 10.1. The summed E-state index contributed by atoms with van der Waals surface area (Å²) in [6.45, 7) is 0. The van der Waals surface area contributed by atoms with Crippen LogP contribution in [0.25, 0.3) is 11.4 Å². The van der Waals surface area contributed by atoms with Crippen LogP contribution in [0.2, 0.25) is 5.02 Å². The molecule has 0 saturated heterocycles. The maximum atomic E-state index is 12.3. The van der Waals surface area contributed by atoms with Crippen LogP contribution in [0.15, 0.2) is 29.4 Å². The van der Waals surface area contributed by atoms with Gasteiger partial charge in [0, 0.05) is 18.7 Å². The van der Waals surface area contributed by atoms with Crippen LogP contribution in [0.1, 0.15) is 25.7 Å². The van der Waals surface area contributed by atoms with Crippen molar-refractivity contribution in [2.75, 3.05) is 5.75 Å². The molecule has 0 bridgehead atoms. The first-order valence-electron chi connectivity index (χ1n) is 8.70. The predicted octanol–water partition coefficient (Wildman–Crippen LogP) is 3.53. The molecule has 25 heavy (non-hydrogen) atoms. The molecule has 0 spiro atoms. The van der Waals surface area contributed by atoms with Gasteiger partial charge in [-0.3, -0.25) is 4.79 Å². The third-order valence-corrected chi connectivity index (χ3v) is 6.22. The quantitative estimate of drug-likeness (QED) is 0.751. The van der Waals surface area contributed by atoms with E-state index in [9.17, 15) is 4.79 Å². The Labute approximate surface area is 156 Å². The molecule has 0 radical (unpaired) electrons. The van der Waals surface area contributed by atoms with E-state index in [-0.39, 0.29) is 5.91 Å². The van der Waals surface area contributed by atoms with Gasteiger partial charge in [-0.05, 0) is 49.7 Å². The Bertz CT molecular complexity index is 773. The van der Waals surface area contributed by atoms with Gasteiger partial charge in [-0.2, -0.15) is 0 Å². The number of nitrogens with zero attached hydrogens (tertiary/aromatic N) is 3. The summed E-state index contributed by atoms with van der Waals surface area (Å²) < 4.78 is 1.89. The first kappa shape index (κ1) is 16.9. The largest absolute Gasteiger partial charge is 0.352 e. The molecule has 0 atom stereocenters.